The first-order valence-electron chi connectivity index (χ1n) is 33.0. The molecule has 11 amide bonds. The molecule has 2 aromatic rings. The van der Waals surface area contributed by atoms with E-state index in [1.165, 1.54) is 6.07 Å². The van der Waals surface area contributed by atoms with E-state index in [0.717, 1.165) is 0 Å². The summed E-state index contributed by atoms with van der Waals surface area (Å²) in [4.78, 5) is 149. The Hall–Kier alpha value is -8.79. The van der Waals surface area contributed by atoms with Crippen molar-refractivity contribution in [3.05, 3.63) is 53.6 Å². The van der Waals surface area contributed by atoms with E-state index in [9.17, 15) is 57.8 Å². The average molecular weight is 1370 g/mol. The summed E-state index contributed by atoms with van der Waals surface area (Å²) in [6.07, 6.45) is -4.35. The maximum atomic E-state index is 14.6. The minimum absolute atomic E-state index is 0.0154. The van der Waals surface area contributed by atoms with Gasteiger partial charge in [0.1, 0.15) is 69.6 Å². The van der Waals surface area contributed by atoms with Crippen molar-refractivity contribution in [2.24, 2.45) is 0 Å². The van der Waals surface area contributed by atoms with Crippen LogP contribution in [0.2, 0.25) is 0 Å². The Morgan fingerprint density at radius 2 is 0.918 bits per heavy atom. The Morgan fingerprint density at radius 3 is 1.44 bits per heavy atom. The summed E-state index contributed by atoms with van der Waals surface area (Å²) in [5, 5.41) is 40.9. The molecular formula is C68H109N11O18. The van der Waals surface area contributed by atoms with E-state index in [4.69, 9.17) is 28.4 Å². The van der Waals surface area contributed by atoms with Crippen LogP contribution >= 0.6 is 0 Å². The fourth-order valence-electron chi connectivity index (χ4n) is 9.37. The molecule has 4 bridgehead atoms. The number of carbonyl (C=O) groups is 11. The fourth-order valence-corrected chi connectivity index (χ4v) is 9.37. The van der Waals surface area contributed by atoms with Crippen molar-refractivity contribution >= 4 is 66.1 Å². The molecule has 1 aliphatic rings. The highest BCUT2D eigenvalue weighted by atomic mass is 16.6. The van der Waals surface area contributed by atoms with Crippen LogP contribution in [0, 0.1) is 0 Å². The van der Waals surface area contributed by atoms with Gasteiger partial charge in [-0.1, -0.05) is 30.3 Å². The van der Waals surface area contributed by atoms with Crippen LogP contribution in [0.4, 0.5) is 28.8 Å². The SMILES string of the molecule is CC(C)(C)OC(=O)NCCC[C@@H](CNC(=O)[C@H](CCCNC(=O)[C@H](CCCNC(=O)[C@@H]1Cc2cccc(c2)-c2ccc(O)c(c2)C[C@H](NC(=O)OC(C)(C)C)C(=O)N[C@@H](CCCNC(=O)OC(C)(C)C)C(=O)N1)NC(=O)OC(C)(C)C)NC(=O)OC(C)(C)C)NC(=O)OC(C)(C)C. The number of aromatic hydroxyl groups is 1. The van der Waals surface area contributed by atoms with Crippen LogP contribution in [0.25, 0.3) is 11.1 Å². The maximum absolute atomic E-state index is 14.6. The Bertz CT molecular complexity index is 3010. The minimum atomic E-state index is -1.40. The summed E-state index contributed by atoms with van der Waals surface area (Å²) in [5.41, 5.74) is -3.03. The first-order valence-corrected chi connectivity index (χ1v) is 33.0. The molecular weight excluding hydrogens is 1260 g/mol. The smallest absolute Gasteiger partial charge is 0.408 e. The Morgan fingerprint density at radius 1 is 0.474 bits per heavy atom. The number of benzene rings is 2. The number of carbonyl (C=O) groups excluding carboxylic acids is 11. The molecule has 29 heteroatoms. The number of phenolic OH excluding ortho intramolecular Hbond substituents is 1. The van der Waals surface area contributed by atoms with Gasteiger partial charge in [0.25, 0.3) is 0 Å². The number of alkyl carbamates (subject to hydrolysis) is 6. The summed E-state index contributed by atoms with van der Waals surface area (Å²) in [6.45, 7) is 30.1. The molecule has 0 saturated heterocycles. The van der Waals surface area contributed by atoms with E-state index >= 15 is 0 Å². The molecule has 0 unspecified atom stereocenters. The van der Waals surface area contributed by atoms with Crippen molar-refractivity contribution in [1.29, 1.82) is 0 Å². The van der Waals surface area contributed by atoms with Crippen LogP contribution in [-0.4, -0.2) is 174 Å². The van der Waals surface area contributed by atoms with Crippen LogP contribution in [0.5, 0.6) is 5.75 Å². The first kappa shape index (κ1) is 82.4. The molecule has 0 radical (unpaired) electrons. The molecule has 544 valence electrons. The van der Waals surface area contributed by atoms with Crippen molar-refractivity contribution in [3.63, 3.8) is 0 Å². The molecule has 0 saturated carbocycles. The summed E-state index contributed by atoms with van der Waals surface area (Å²) in [5.74, 6) is -3.74. The number of hydrogen-bond donors (Lipinski definition) is 12. The third-order valence-electron chi connectivity index (χ3n) is 13.4. The zero-order valence-electron chi connectivity index (χ0n) is 60.0. The van der Waals surface area contributed by atoms with Crippen molar-refractivity contribution in [1.82, 2.24) is 58.5 Å². The van der Waals surface area contributed by atoms with Crippen molar-refractivity contribution in [2.75, 3.05) is 32.7 Å². The molecule has 1 aliphatic heterocycles. The Balaban J connectivity index is 1.88. The maximum Gasteiger partial charge on any atom is 0.408 e. The van der Waals surface area contributed by atoms with Gasteiger partial charge >= 0.3 is 36.6 Å². The molecule has 0 spiro atoms. The normalized spacial score (nSPS) is 16.4. The number of hydrogen-bond acceptors (Lipinski definition) is 18. The second kappa shape index (κ2) is 37.1. The Labute approximate surface area is 570 Å². The van der Waals surface area contributed by atoms with Gasteiger partial charge in [-0.25, -0.2) is 28.8 Å². The second-order valence-corrected chi connectivity index (χ2v) is 29.8. The number of rotatable bonds is 25. The zero-order valence-corrected chi connectivity index (χ0v) is 60.0. The van der Waals surface area contributed by atoms with Crippen LogP contribution in [0.1, 0.15) is 187 Å². The van der Waals surface area contributed by atoms with Gasteiger partial charge in [0, 0.05) is 51.6 Å². The average Bonchev–Trinajstić information content (AvgIpc) is 1.75. The van der Waals surface area contributed by atoms with E-state index < -0.39 is 136 Å². The molecule has 0 aromatic heterocycles. The summed E-state index contributed by atoms with van der Waals surface area (Å²) < 4.78 is 32.6. The van der Waals surface area contributed by atoms with E-state index in [1.807, 2.05) is 6.07 Å². The number of ether oxygens (including phenoxy) is 6. The van der Waals surface area contributed by atoms with E-state index in [1.54, 1.807) is 155 Å². The molecule has 6 atom stereocenters. The lowest BCUT2D eigenvalue weighted by atomic mass is 9.96. The highest BCUT2D eigenvalue weighted by Crippen LogP contribution is 2.29. The van der Waals surface area contributed by atoms with E-state index in [0.29, 0.717) is 23.1 Å². The summed E-state index contributed by atoms with van der Waals surface area (Å²) in [6, 6.07) is 4.74. The minimum Gasteiger partial charge on any atom is -0.508 e. The molecule has 0 fully saturated rings. The van der Waals surface area contributed by atoms with Crippen LogP contribution < -0.4 is 58.5 Å². The van der Waals surface area contributed by atoms with Gasteiger partial charge < -0.3 is 92.0 Å². The summed E-state index contributed by atoms with van der Waals surface area (Å²) >= 11 is 0. The predicted molar refractivity (Wildman–Crippen MR) is 362 cm³/mol. The third-order valence-corrected chi connectivity index (χ3v) is 13.4. The monoisotopic (exact) mass is 1370 g/mol. The predicted octanol–water partition coefficient (Wildman–Crippen LogP) is 7.22. The molecule has 3 rings (SSSR count). The number of phenols is 1. The largest absolute Gasteiger partial charge is 0.508 e. The zero-order chi connectivity index (χ0) is 73.3. The van der Waals surface area contributed by atoms with Crippen LogP contribution in [-0.2, 0) is 65.2 Å². The molecule has 29 nitrogen and oxygen atoms in total. The molecule has 97 heavy (non-hydrogen) atoms. The topological polar surface area (TPSA) is 396 Å². The lowest BCUT2D eigenvalue weighted by Crippen LogP contribution is -2.57. The molecule has 1 heterocycles. The Kier molecular flexibility index (Phi) is 31.5. The van der Waals surface area contributed by atoms with Gasteiger partial charge in [-0.05, 0) is 210 Å². The lowest BCUT2D eigenvalue weighted by Gasteiger charge is -2.27. The van der Waals surface area contributed by atoms with Crippen LogP contribution in [0.3, 0.4) is 0 Å². The number of nitrogens with one attached hydrogen (secondary N) is 11. The van der Waals surface area contributed by atoms with Gasteiger partial charge in [0.2, 0.25) is 29.5 Å². The summed E-state index contributed by atoms with van der Waals surface area (Å²) in [7, 11) is 0. The number of amides is 11. The van der Waals surface area contributed by atoms with Gasteiger partial charge in [0.05, 0.1) is 0 Å². The number of fused-ring (bicyclic) bond motifs is 5. The standard InChI is InChI=1S/C68H109N11O18/c1-63(2,3)92-57(86)71-34-20-26-45(74-59(88)94-65(7,8)9)40-73-53(82)47(78-61(90)96-67(13,14)15)28-22-32-69-52(81)46(77-60(89)95-66(10,11)12)27-21-33-70-54(83)49-37-41-24-19-25-42(36-41)43-30-31-51(80)44(38-43)39-50(79-62(91)97-68(16,17)18)56(85)75-48(55(84)76-49)29-23-35-72-58(87)93-64(4,5)6/h19,24-25,30-31,36,38,45-50,80H,20-23,26-29,32-35,37,39-40H2,1-18H3,(H,69,81)(H,70,83)(H,71,86)(H,72,87)(H,73,82)(H,74,88)(H,75,85)(H,76,84)(H,77,89)(H,78,90)(H,79,91)/t45-,46-,47-,48-,49-,50-/m0/s1. The quantitative estimate of drug-likeness (QED) is 0.0345. The van der Waals surface area contributed by atoms with Crippen LogP contribution in [0.15, 0.2) is 42.5 Å². The fraction of sp³-hybridized carbons (Fsp3) is 0.662. The van der Waals surface area contributed by atoms with Gasteiger partial charge in [-0.2, -0.15) is 0 Å². The van der Waals surface area contributed by atoms with Gasteiger partial charge in [-0.15, -0.1) is 0 Å². The van der Waals surface area contributed by atoms with E-state index in [2.05, 4.69) is 58.5 Å². The molecule has 12 N–H and O–H groups in total. The van der Waals surface area contributed by atoms with Gasteiger partial charge in [-0.3, -0.25) is 24.0 Å². The van der Waals surface area contributed by atoms with Gasteiger partial charge in [0.15, 0.2) is 0 Å². The highest BCUT2D eigenvalue weighted by Gasteiger charge is 2.34. The van der Waals surface area contributed by atoms with E-state index in [-0.39, 0.29) is 102 Å². The highest BCUT2D eigenvalue weighted by molar-refractivity contribution is 5.94. The van der Waals surface area contributed by atoms with Crippen molar-refractivity contribution in [3.8, 4) is 16.9 Å². The first-order chi connectivity index (χ1) is 44.7. The third kappa shape index (κ3) is 35.7. The molecule has 2 aromatic carbocycles. The van der Waals surface area contributed by atoms with Crippen molar-refractivity contribution < 1.29 is 86.3 Å². The van der Waals surface area contributed by atoms with Crippen molar-refractivity contribution in [2.45, 2.75) is 259 Å². The second-order valence-electron chi connectivity index (χ2n) is 29.8. The lowest BCUT2D eigenvalue weighted by molar-refractivity contribution is -0.132. The molecule has 0 aliphatic carbocycles.